The van der Waals surface area contributed by atoms with Gasteiger partial charge in [-0.1, -0.05) is 31.2 Å². The number of piperidine rings is 1. The number of nitrogens with zero attached hydrogens (tertiary/aromatic N) is 1. The Morgan fingerprint density at radius 1 is 1.03 bits per heavy atom. The minimum absolute atomic E-state index is 0.0763. The maximum absolute atomic E-state index is 12.8. The number of rotatable bonds is 7. The summed E-state index contributed by atoms with van der Waals surface area (Å²) in [4.78, 5) is 28.0. The molecule has 0 bridgehead atoms. The standard InChI is InChI=1S/C26H33N3O3/c1-19-6-4-14-29(17-19)18-20-10-12-21(13-11-20)25(30)28-24-9-3-2-8-23(24)26(31)27-16-22-7-5-15-32-22/h2-3,8-13,19,22H,4-7,14-18H2,1H3,(H,27,31)(H,28,30)/t19-,22-/m1/s1. The van der Waals surface area contributed by atoms with Crippen molar-refractivity contribution in [3.8, 4) is 0 Å². The predicted molar refractivity (Wildman–Crippen MR) is 126 cm³/mol. The number of amides is 2. The van der Waals surface area contributed by atoms with Crippen LogP contribution in [0.5, 0.6) is 0 Å². The van der Waals surface area contributed by atoms with Gasteiger partial charge in [-0.15, -0.1) is 0 Å². The third kappa shape index (κ3) is 5.96. The molecule has 2 aliphatic heterocycles. The van der Waals surface area contributed by atoms with Crippen LogP contribution in [0, 0.1) is 5.92 Å². The fourth-order valence-electron chi connectivity index (χ4n) is 4.54. The van der Waals surface area contributed by atoms with Crippen LogP contribution in [0.3, 0.4) is 0 Å². The van der Waals surface area contributed by atoms with Crippen LogP contribution in [-0.2, 0) is 11.3 Å². The first-order valence-electron chi connectivity index (χ1n) is 11.7. The van der Waals surface area contributed by atoms with Crippen LogP contribution in [0.4, 0.5) is 5.69 Å². The molecule has 0 radical (unpaired) electrons. The minimum Gasteiger partial charge on any atom is -0.376 e. The first-order valence-corrected chi connectivity index (χ1v) is 11.7. The highest BCUT2D eigenvalue weighted by atomic mass is 16.5. The molecule has 2 atom stereocenters. The number of likely N-dealkylation sites (tertiary alicyclic amines) is 1. The summed E-state index contributed by atoms with van der Waals surface area (Å²) in [5.74, 6) is 0.321. The number of benzene rings is 2. The zero-order valence-electron chi connectivity index (χ0n) is 18.8. The Morgan fingerprint density at radius 2 is 1.84 bits per heavy atom. The van der Waals surface area contributed by atoms with Gasteiger partial charge in [0, 0.05) is 31.8 Å². The van der Waals surface area contributed by atoms with E-state index in [0.717, 1.165) is 45.0 Å². The summed E-state index contributed by atoms with van der Waals surface area (Å²) in [6.07, 6.45) is 4.63. The molecule has 2 fully saturated rings. The molecule has 0 unspecified atom stereocenters. The molecule has 6 nitrogen and oxygen atoms in total. The maximum Gasteiger partial charge on any atom is 0.255 e. The topological polar surface area (TPSA) is 70.7 Å². The van der Waals surface area contributed by atoms with E-state index in [1.807, 2.05) is 30.3 Å². The molecule has 2 aliphatic rings. The Morgan fingerprint density at radius 3 is 2.59 bits per heavy atom. The quantitative estimate of drug-likeness (QED) is 0.688. The van der Waals surface area contributed by atoms with Crippen molar-refractivity contribution < 1.29 is 14.3 Å². The largest absolute Gasteiger partial charge is 0.376 e. The number of nitrogens with one attached hydrogen (secondary N) is 2. The normalized spacial score (nSPS) is 21.3. The van der Waals surface area contributed by atoms with Crippen LogP contribution in [0.1, 0.15) is 58.9 Å². The van der Waals surface area contributed by atoms with Gasteiger partial charge in [-0.3, -0.25) is 14.5 Å². The summed E-state index contributed by atoms with van der Waals surface area (Å²) in [5.41, 5.74) is 2.75. The highest BCUT2D eigenvalue weighted by Crippen LogP contribution is 2.20. The van der Waals surface area contributed by atoms with Crippen LogP contribution in [-0.4, -0.2) is 49.1 Å². The van der Waals surface area contributed by atoms with Crippen molar-refractivity contribution in [2.75, 3.05) is 31.6 Å². The zero-order chi connectivity index (χ0) is 22.3. The van der Waals surface area contributed by atoms with Gasteiger partial charge in [0.15, 0.2) is 0 Å². The fraction of sp³-hybridized carbons (Fsp3) is 0.462. The SMILES string of the molecule is C[C@@H]1CCCN(Cc2ccc(C(=O)Nc3ccccc3C(=O)NC[C@H]3CCCO3)cc2)C1. The Labute approximate surface area is 190 Å². The third-order valence-corrected chi connectivity index (χ3v) is 6.30. The molecular weight excluding hydrogens is 402 g/mol. The molecule has 4 rings (SSSR count). The lowest BCUT2D eigenvalue weighted by Crippen LogP contribution is -2.33. The van der Waals surface area contributed by atoms with Gasteiger partial charge in [0.25, 0.3) is 11.8 Å². The summed E-state index contributed by atoms with van der Waals surface area (Å²) >= 11 is 0. The second kappa shape index (κ2) is 10.7. The van der Waals surface area contributed by atoms with Gasteiger partial charge in [-0.25, -0.2) is 0 Å². The number of para-hydroxylation sites is 1. The number of hydrogen-bond acceptors (Lipinski definition) is 4. The van der Waals surface area contributed by atoms with Gasteiger partial charge in [0.1, 0.15) is 0 Å². The van der Waals surface area contributed by atoms with E-state index in [1.165, 1.54) is 18.4 Å². The highest BCUT2D eigenvalue weighted by molar-refractivity contribution is 6.09. The van der Waals surface area contributed by atoms with E-state index < -0.39 is 0 Å². The van der Waals surface area contributed by atoms with Crippen molar-refractivity contribution in [1.29, 1.82) is 0 Å². The molecule has 0 saturated carbocycles. The van der Waals surface area contributed by atoms with E-state index in [9.17, 15) is 9.59 Å². The van der Waals surface area contributed by atoms with Crippen LogP contribution in [0.25, 0.3) is 0 Å². The summed E-state index contributed by atoms with van der Waals surface area (Å²) in [5, 5.41) is 5.82. The Kier molecular flexibility index (Phi) is 7.55. The molecule has 2 aromatic carbocycles. The van der Waals surface area contributed by atoms with E-state index in [4.69, 9.17) is 4.74 Å². The molecule has 0 spiro atoms. The lowest BCUT2D eigenvalue weighted by molar-refractivity contribution is 0.0858. The summed E-state index contributed by atoms with van der Waals surface area (Å²) < 4.78 is 5.57. The van der Waals surface area contributed by atoms with Gasteiger partial charge in [-0.2, -0.15) is 0 Å². The van der Waals surface area contributed by atoms with Crippen LogP contribution >= 0.6 is 0 Å². The molecule has 2 aromatic rings. The first kappa shape index (κ1) is 22.5. The number of carbonyl (C=O) groups is 2. The molecule has 2 saturated heterocycles. The van der Waals surface area contributed by atoms with E-state index >= 15 is 0 Å². The number of anilines is 1. The van der Waals surface area contributed by atoms with E-state index in [2.05, 4.69) is 22.5 Å². The van der Waals surface area contributed by atoms with Crippen molar-refractivity contribution >= 4 is 17.5 Å². The summed E-state index contributed by atoms with van der Waals surface area (Å²) in [6, 6.07) is 14.9. The van der Waals surface area contributed by atoms with E-state index in [1.54, 1.807) is 18.2 Å². The average molecular weight is 436 g/mol. The number of carbonyl (C=O) groups excluding carboxylic acids is 2. The zero-order valence-corrected chi connectivity index (χ0v) is 18.8. The number of ether oxygens (including phenoxy) is 1. The Hall–Kier alpha value is -2.70. The Balaban J connectivity index is 1.35. The fourth-order valence-corrected chi connectivity index (χ4v) is 4.54. The Bertz CT molecular complexity index is 922. The highest BCUT2D eigenvalue weighted by Gasteiger charge is 2.19. The minimum atomic E-state index is -0.220. The van der Waals surface area contributed by atoms with Crippen molar-refractivity contribution in [3.63, 3.8) is 0 Å². The molecule has 2 amide bonds. The molecule has 0 aromatic heterocycles. The first-order chi connectivity index (χ1) is 15.6. The van der Waals surface area contributed by atoms with Crippen molar-refractivity contribution in [2.24, 2.45) is 5.92 Å². The third-order valence-electron chi connectivity index (χ3n) is 6.30. The average Bonchev–Trinajstić information content (AvgIpc) is 3.32. The second-order valence-electron chi connectivity index (χ2n) is 9.02. The van der Waals surface area contributed by atoms with E-state index in [-0.39, 0.29) is 17.9 Å². The van der Waals surface area contributed by atoms with Crippen molar-refractivity contribution in [2.45, 2.75) is 45.3 Å². The van der Waals surface area contributed by atoms with Gasteiger partial charge >= 0.3 is 0 Å². The lowest BCUT2D eigenvalue weighted by atomic mass is 9.99. The summed E-state index contributed by atoms with van der Waals surface area (Å²) in [6.45, 7) is 6.73. The molecule has 2 N–H and O–H groups in total. The lowest BCUT2D eigenvalue weighted by Gasteiger charge is -2.30. The van der Waals surface area contributed by atoms with E-state index in [0.29, 0.717) is 23.4 Å². The predicted octanol–water partition coefficient (Wildman–Crippen LogP) is 4.08. The van der Waals surface area contributed by atoms with Gasteiger partial charge < -0.3 is 15.4 Å². The molecule has 6 heteroatoms. The number of hydrogen-bond donors (Lipinski definition) is 2. The monoisotopic (exact) mass is 435 g/mol. The summed E-state index contributed by atoms with van der Waals surface area (Å²) in [7, 11) is 0. The van der Waals surface area contributed by atoms with Crippen LogP contribution in [0.15, 0.2) is 48.5 Å². The molecule has 0 aliphatic carbocycles. The second-order valence-corrected chi connectivity index (χ2v) is 9.02. The van der Waals surface area contributed by atoms with Gasteiger partial charge in [-0.05, 0) is 68.0 Å². The van der Waals surface area contributed by atoms with Gasteiger partial charge in [0.05, 0.1) is 17.4 Å². The van der Waals surface area contributed by atoms with Crippen LogP contribution in [0.2, 0.25) is 0 Å². The molecule has 2 heterocycles. The molecule has 170 valence electrons. The smallest absolute Gasteiger partial charge is 0.255 e. The molecule has 32 heavy (non-hydrogen) atoms. The maximum atomic E-state index is 12.8. The van der Waals surface area contributed by atoms with Crippen molar-refractivity contribution in [1.82, 2.24) is 10.2 Å². The molecular formula is C26H33N3O3. The van der Waals surface area contributed by atoms with Crippen molar-refractivity contribution in [3.05, 3.63) is 65.2 Å². The van der Waals surface area contributed by atoms with Gasteiger partial charge in [0.2, 0.25) is 0 Å². The van der Waals surface area contributed by atoms with Crippen LogP contribution < -0.4 is 10.6 Å².